The van der Waals surface area contributed by atoms with Crippen molar-refractivity contribution in [2.24, 2.45) is 5.41 Å². The van der Waals surface area contributed by atoms with Gasteiger partial charge in [0.1, 0.15) is 23.5 Å². The molecule has 1 saturated carbocycles. The number of ether oxygens (including phenoxy) is 1. The third-order valence-electron chi connectivity index (χ3n) is 6.14. The smallest absolute Gasteiger partial charge is 0.176 e. The molecule has 0 amide bonds. The largest absolute Gasteiger partial charge is 0.497 e. The molecule has 29 heavy (non-hydrogen) atoms. The fourth-order valence-electron chi connectivity index (χ4n) is 4.34. The van der Waals surface area contributed by atoms with Crippen molar-refractivity contribution in [2.75, 3.05) is 44.7 Å². The van der Waals surface area contributed by atoms with Crippen LogP contribution in [0.2, 0.25) is 0 Å². The molecule has 0 radical (unpaired) electrons. The number of ketones is 1. The van der Waals surface area contributed by atoms with Crippen molar-refractivity contribution in [3.05, 3.63) is 48.4 Å². The molecule has 1 N–H and O–H groups in total. The van der Waals surface area contributed by atoms with Crippen LogP contribution in [-0.2, 0) is 0 Å². The highest BCUT2D eigenvalue weighted by Crippen LogP contribution is 2.48. The molecule has 7 nitrogen and oxygen atoms in total. The van der Waals surface area contributed by atoms with Gasteiger partial charge < -0.3 is 14.6 Å². The molecule has 3 heterocycles. The molecule has 7 heteroatoms. The third-order valence-corrected chi connectivity index (χ3v) is 6.14. The maximum Gasteiger partial charge on any atom is 0.176 e. The summed E-state index contributed by atoms with van der Waals surface area (Å²) in [6, 6.07) is 9.43. The predicted molar refractivity (Wildman–Crippen MR) is 112 cm³/mol. The Hall–Kier alpha value is -2.93. The van der Waals surface area contributed by atoms with Gasteiger partial charge >= 0.3 is 0 Å². The van der Waals surface area contributed by atoms with E-state index in [0.717, 1.165) is 54.3 Å². The summed E-state index contributed by atoms with van der Waals surface area (Å²) >= 11 is 0. The number of rotatable bonds is 5. The van der Waals surface area contributed by atoms with Gasteiger partial charge in [0.15, 0.2) is 5.78 Å². The number of aromatic nitrogens is 3. The van der Waals surface area contributed by atoms with Gasteiger partial charge in [-0.05, 0) is 43.2 Å². The molecule has 0 unspecified atom stereocenters. The second kappa shape index (κ2) is 7.15. The lowest BCUT2D eigenvalue weighted by Crippen LogP contribution is -2.35. The molecule has 1 aliphatic heterocycles. The van der Waals surface area contributed by atoms with E-state index < -0.39 is 0 Å². The first-order chi connectivity index (χ1) is 14.2. The summed E-state index contributed by atoms with van der Waals surface area (Å²) in [4.78, 5) is 29.6. The van der Waals surface area contributed by atoms with Gasteiger partial charge in [-0.2, -0.15) is 0 Å². The average Bonchev–Trinajstić information content (AvgIpc) is 3.37. The maximum atomic E-state index is 12.8. The summed E-state index contributed by atoms with van der Waals surface area (Å²) in [6.07, 6.45) is 5.95. The fraction of sp³-hybridized carbons (Fsp3) is 0.409. The van der Waals surface area contributed by atoms with Crippen LogP contribution in [-0.4, -0.2) is 65.5 Å². The Bertz CT molecular complexity index is 1030. The Morgan fingerprint density at radius 2 is 1.97 bits per heavy atom. The molecule has 2 fully saturated rings. The van der Waals surface area contributed by atoms with Gasteiger partial charge in [-0.25, -0.2) is 9.97 Å². The summed E-state index contributed by atoms with van der Waals surface area (Å²) in [5, 5.41) is 1.06. The normalized spacial score (nSPS) is 18.7. The topological polar surface area (TPSA) is 74.3 Å². The molecule has 2 aromatic heterocycles. The van der Waals surface area contributed by atoms with Gasteiger partial charge in [0.2, 0.25) is 0 Å². The van der Waals surface area contributed by atoms with E-state index in [1.807, 2.05) is 36.5 Å². The van der Waals surface area contributed by atoms with Crippen LogP contribution >= 0.6 is 0 Å². The second-order valence-corrected chi connectivity index (χ2v) is 8.22. The number of anilines is 1. The lowest BCUT2D eigenvalue weighted by atomic mass is 10.1. The number of fused-ring (bicyclic) bond motifs is 1. The SMILES string of the molecule is COc1ccc(C(=O)CN2CCN(c3ncnc4[nH]ccc34)CC3(CC3)C2)cc1. The molecular weight excluding hydrogens is 366 g/mol. The average molecular weight is 391 g/mol. The number of hydrogen-bond donors (Lipinski definition) is 1. The zero-order chi connectivity index (χ0) is 19.8. The summed E-state index contributed by atoms with van der Waals surface area (Å²) in [5.74, 6) is 1.92. The van der Waals surface area contributed by atoms with Crippen LogP contribution in [0.4, 0.5) is 5.82 Å². The van der Waals surface area contributed by atoms with E-state index in [9.17, 15) is 4.79 Å². The van der Waals surface area contributed by atoms with Crippen LogP contribution in [0.1, 0.15) is 23.2 Å². The molecule has 1 aromatic carbocycles. The Labute approximate surface area is 169 Å². The van der Waals surface area contributed by atoms with E-state index in [1.54, 1.807) is 13.4 Å². The van der Waals surface area contributed by atoms with Crippen molar-refractivity contribution in [2.45, 2.75) is 12.8 Å². The maximum absolute atomic E-state index is 12.8. The molecule has 5 rings (SSSR count). The van der Waals surface area contributed by atoms with Crippen molar-refractivity contribution < 1.29 is 9.53 Å². The third kappa shape index (κ3) is 3.58. The van der Waals surface area contributed by atoms with Crippen LogP contribution in [0.25, 0.3) is 11.0 Å². The molecule has 3 aromatic rings. The quantitative estimate of drug-likeness (QED) is 0.674. The first kappa shape index (κ1) is 18.1. The number of H-pyrrole nitrogens is 1. The minimum Gasteiger partial charge on any atom is -0.497 e. The van der Waals surface area contributed by atoms with E-state index in [2.05, 4.69) is 24.8 Å². The summed E-state index contributed by atoms with van der Waals surface area (Å²) in [5.41, 5.74) is 1.88. The first-order valence-electron chi connectivity index (χ1n) is 10.1. The number of hydrogen-bond acceptors (Lipinski definition) is 6. The number of nitrogens with zero attached hydrogens (tertiary/aromatic N) is 4. The van der Waals surface area contributed by atoms with E-state index in [4.69, 9.17) is 4.74 Å². The highest BCUT2D eigenvalue weighted by Gasteiger charge is 2.47. The lowest BCUT2D eigenvalue weighted by molar-refractivity contribution is 0.0924. The van der Waals surface area contributed by atoms with E-state index in [-0.39, 0.29) is 11.2 Å². The predicted octanol–water partition coefficient (Wildman–Crippen LogP) is 2.75. The molecule has 0 bridgehead atoms. The number of benzene rings is 1. The number of Topliss-reactive ketones (excluding diaryl/α,β-unsaturated/α-hetero) is 1. The Morgan fingerprint density at radius 1 is 1.14 bits per heavy atom. The van der Waals surface area contributed by atoms with Crippen molar-refractivity contribution in [3.8, 4) is 5.75 Å². The Morgan fingerprint density at radius 3 is 2.72 bits per heavy atom. The fourth-order valence-corrected chi connectivity index (χ4v) is 4.34. The van der Waals surface area contributed by atoms with E-state index in [0.29, 0.717) is 6.54 Å². The van der Waals surface area contributed by atoms with E-state index in [1.165, 1.54) is 12.8 Å². The van der Waals surface area contributed by atoms with Crippen LogP contribution < -0.4 is 9.64 Å². The van der Waals surface area contributed by atoms with Gasteiger partial charge in [-0.1, -0.05) is 0 Å². The van der Waals surface area contributed by atoms with Gasteiger partial charge in [-0.15, -0.1) is 0 Å². The standard InChI is InChI=1S/C22H25N5O2/c1-29-17-4-2-16(3-5-17)19(28)12-26-10-11-27(14-22(13-26)7-8-22)21-18-6-9-23-20(18)24-15-25-21/h2-6,9,15H,7-8,10-14H2,1H3,(H,23,24,25). The highest BCUT2D eigenvalue weighted by molar-refractivity contribution is 5.97. The van der Waals surface area contributed by atoms with Gasteiger partial charge in [-0.3, -0.25) is 9.69 Å². The van der Waals surface area contributed by atoms with Crippen molar-refractivity contribution in [1.29, 1.82) is 0 Å². The van der Waals surface area contributed by atoms with Crippen molar-refractivity contribution >= 4 is 22.6 Å². The van der Waals surface area contributed by atoms with E-state index >= 15 is 0 Å². The van der Waals surface area contributed by atoms with Gasteiger partial charge in [0.05, 0.1) is 19.0 Å². The van der Waals surface area contributed by atoms with Crippen molar-refractivity contribution in [1.82, 2.24) is 19.9 Å². The van der Waals surface area contributed by atoms with Gasteiger partial charge in [0, 0.05) is 43.4 Å². The molecular formula is C22H25N5O2. The second-order valence-electron chi connectivity index (χ2n) is 8.22. The monoisotopic (exact) mass is 391 g/mol. The number of nitrogens with one attached hydrogen (secondary N) is 1. The molecule has 2 aliphatic rings. The zero-order valence-corrected chi connectivity index (χ0v) is 16.6. The minimum atomic E-state index is 0.159. The Kier molecular flexibility index (Phi) is 4.47. The Balaban J connectivity index is 1.32. The number of aromatic amines is 1. The summed E-state index contributed by atoms with van der Waals surface area (Å²) in [7, 11) is 1.63. The minimum absolute atomic E-state index is 0.159. The molecule has 1 aliphatic carbocycles. The van der Waals surface area contributed by atoms with Crippen LogP contribution in [0.3, 0.4) is 0 Å². The number of carbonyl (C=O) groups excluding carboxylic acids is 1. The molecule has 1 spiro atoms. The van der Waals surface area contributed by atoms with Crippen molar-refractivity contribution in [3.63, 3.8) is 0 Å². The van der Waals surface area contributed by atoms with Crippen LogP contribution in [0.15, 0.2) is 42.9 Å². The summed E-state index contributed by atoms with van der Waals surface area (Å²) in [6.45, 7) is 4.10. The lowest BCUT2D eigenvalue weighted by Gasteiger charge is -2.25. The molecule has 1 saturated heterocycles. The van der Waals surface area contributed by atoms with Crippen LogP contribution in [0.5, 0.6) is 5.75 Å². The van der Waals surface area contributed by atoms with Crippen LogP contribution in [0, 0.1) is 5.41 Å². The highest BCUT2D eigenvalue weighted by atomic mass is 16.5. The molecule has 150 valence electrons. The summed E-state index contributed by atoms with van der Waals surface area (Å²) < 4.78 is 5.19. The van der Waals surface area contributed by atoms with Gasteiger partial charge in [0.25, 0.3) is 0 Å². The molecule has 0 atom stereocenters. The number of methoxy groups -OCH3 is 1. The first-order valence-corrected chi connectivity index (χ1v) is 10.1. The zero-order valence-electron chi connectivity index (χ0n) is 16.6. The number of carbonyl (C=O) groups is 1.